The van der Waals surface area contributed by atoms with Crippen molar-refractivity contribution < 1.29 is 9.53 Å². The minimum Gasteiger partial charge on any atom is -0.445 e. The first-order chi connectivity index (χ1) is 20.7. The number of carbonyl (C=O) groups is 1. The summed E-state index contributed by atoms with van der Waals surface area (Å²) in [6, 6.07) is 18.5. The summed E-state index contributed by atoms with van der Waals surface area (Å²) in [4.78, 5) is 24.2. The van der Waals surface area contributed by atoms with Crippen molar-refractivity contribution in [2.45, 2.75) is 44.4 Å². The third-order valence-corrected chi connectivity index (χ3v) is 8.78. The van der Waals surface area contributed by atoms with Crippen molar-refractivity contribution in [3.05, 3.63) is 77.6 Å². The van der Waals surface area contributed by atoms with Crippen LogP contribution in [0.25, 0.3) is 21.1 Å². The molecule has 1 amide bonds. The number of anilines is 2. The second kappa shape index (κ2) is 11.8. The fourth-order valence-corrected chi connectivity index (χ4v) is 6.46. The van der Waals surface area contributed by atoms with Crippen LogP contribution >= 0.6 is 11.3 Å². The van der Waals surface area contributed by atoms with Gasteiger partial charge in [-0.05, 0) is 49.1 Å². The minimum absolute atomic E-state index is 0.0208. The lowest BCUT2D eigenvalue weighted by Crippen LogP contribution is -2.38. The number of rotatable bonds is 5. The Morgan fingerprint density at radius 2 is 1.98 bits per heavy atom. The standard InChI is InChI=1S/C32H31N7O2S/c40-32(38-13-5-2-6-14-38)41-26-16-24(33-19-26)9-11-27-17-28-30(42-27)31(35-21-34-28)37-25-10-12-29-23(15-25)18-36-39(29)20-22-7-3-1-4-8-22/h1,3-4,7-8,10,12,15,17-18,21,24,26,33H,2,5-6,13-14,16,19-20H2,(H,34,35,37)/t24-,26-/m1/s1. The molecule has 42 heavy (non-hydrogen) atoms. The molecule has 3 aromatic heterocycles. The summed E-state index contributed by atoms with van der Waals surface area (Å²) in [5, 5.41) is 12.5. The Morgan fingerprint density at radius 1 is 1.10 bits per heavy atom. The van der Waals surface area contributed by atoms with Crippen molar-refractivity contribution in [1.29, 1.82) is 0 Å². The number of piperidine rings is 1. The van der Waals surface area contributed by atoms with Gasteiger partial charge >= 0.3 is 6.09 Å². The molecule has 10 heteroatoms. The molecule has 2 fully saturated rings. The van der Waals surface area contributed by atoms with Crippen LogP contribution in [-0.2, 0) is 11.3 Å². The molecule has 212 valence electrons. The van der Waals surface area contributed by atoms with Crippen molar-refractivity contribution in [1.82, 2.24) is 30.0 Å². The van der Waals surface area contributed by atoms with Gasteiger partial charge in [0.25, 0.3) is 0 Å². The number of benzene rings is 2. The third-order valence-electron chi connectivity index (χ3n) is 7.73. The second-order valence-corrected chi connectivity index (χ2v) is 11.8. The molecule has 9 nitrogen and oxygen atoms in total. The monoisotopic (exact) mass is 577 g/mol. The molecular weight excluding hydrogens is 546 g/mol. The molecule has 2 aliphatic heterocycles. The summed E-state index contributed by atoms with van der Waals surface area (Å²) in [6.07, 6.45) is 7.11. The number of nitrogens with zero attached hydrogens (tertiary/aromatic N) is 5. The molecule has 2 N–H and O–H groups in total. The van der Waals surface area contributed by atoms with Gasteiger partial charge in [-0.3, -0.25) is 10.00 Å². The first-order valence-corrected chi connectivity index (χ1v) is 15.2. The average molecular weight is 578 g/mol. The molecule has 0 unspecified atom stereocenters. The van der Waals surface area contributed by atoms with Gasteiger partial charge in [0.05, 0.1) is 39.4 Å². The molecule has 0 aliphatic carbocycles. The molecule has 0 bridgehead atoms. The van der Waals surface area contributed by atoms with Gasteiger partial charge in [0.2, 0.25) is 0 Å². The number of hydrogen-bond acceptors (Lipinski definition) is 8. The van der Waals surface area contributed by atoms with Gasteiger partial charge in [-0.15, -0.1) is 11.3 Å². The Hall–Kier alpha value is -4.46. The van der Waals surface area contributed by atoms with Crippen LogP contribution in [0.1, 0.15) is 36.1 Å². The first kappa shape index (κ1) is 26.4. The van der Waals surface area contributed by atoms with E-state index < -0.39 is 0 Å². The quantitative estimate of drug-likeness (QED) is 0.265. The normalized spacial score (nSPS) is 18.6. The van der Waals surface area contributed by atoms with Gasteiger partial charge in [0.15, 0.2) is 5.82 Å². The fraction of sp³-hybridized carbons (Fsp3) is 0.312. The summed E-state index contributed by atoms with van der Waals surface area (Å²) in [5.41, 5.74) is 4.08. The van der Waals surface area contributed by atoms with Crippen molar-refractivity contribution in [2.24, 2.45) is 0 Å². The molecule has 0 spiro atoms. The molecule has 2 atom stereocenters. The fourth-order valence-electron chi connectivity index (χ4n) is 5.54. The zero-order valence-corrected chi connectivity index (χ0v) is 23.9. The predicted molar refractivity (Wildman–Crippen MR) is 165 cm³/mol. The lowest BCUT2D eigenvalue weighted by Gasteiger charge is -2.27. The highest BCUT2D eigenvalue weighted by Crippen LogP contribution is 2.31. The van der Waals surface area contributed by atoms with E-state index >= 15 is 0 Å². The number of thiophene rings is 1. The number of aromatic nitrogens is 4. The van der Waals surface area contributed by atoms with Crippen LogP contribution in [0.4, 0.5) is 16.3 Å². The highest BCUT2D eigenvalue weighted by atomic mass is 32.1. The molecule has 2 saturated heterocycles. The lowest BCUT2D eigenvalue weighted by atomic mass is 10.1. The van der Waals surface area contributed by atoms with Crippen LogP contribution in [-0.4, -0.2) is 62.5 Å². The van der Waals surface area contributed by atoms with Gasteiger partial charge in [-0.25, -0.2) is 14.8 Å². The minimum atomic E-state index is -0.196. The molecule has 7 rings (SSSR count). The number of fused-ring (bicyclic) bond motifs is 2. The molecule has 5 heterocycles. The summed E-state index contributed by atoms with van der Waals surface area (Å²) < 4.78 is 8.70. The first-order valence-electron chi connectivity index (χ1n) is 14.4. The molecule has 0 saturated carbocycles. The van der Waals surface area contributed by atoms with Crippen LogP contribution in [0, 0.1) is 11.8 Å². The van der Waals surface area contributed by atoms with E-state index in [-0.39, 0.29) is 18.2 Å². The second-order valence-electron chi connectivity index (χ2n) is 10.8. The van der Waals surface area contributed by atoms with E-state index in [1.807, 2.05) is 46.1 Å². The van der Waals surface area contributed by atoms with Crippen molar-refractivity contribution in [2.75, 3.05) is 25.0 Å². The maximum Gasteiger partial charge on any atom is 0.410 e. The molecule has 2 aliphatic rings. The van der Waals surface area contributed by atoms with Crippen LogP contribution < -0.4 is 10.6 Å². The summed E-state index contributed by atoms with van der Waals surface area (Å²) in [7, 11) is 0. The number of hydrogen-bond donors (Lipinski definition) is 2. The SMILES string of the molecule is O=C(O[C@H]1CN[C@H](C#Cc2cc3ncnc(Nc4ccc5c(cnn5Cc5ccccc5)c4)c3s2)C1)N1CCCCC1. The molecule has 5 aromatic rings. The largest absolute Gasteiger partial charge is 0.445 e. The van der Waals surface area contributed by atoms with Crippen LogP contribution in [0.2, 0.25) is 0 Å². The van der Waals surface area contributed by atoms with Crippen molar-refractivity contribution in [3.8, 4) is 11.8 Å². The number of carbonyl (C=O) groups excluding carboxylic acids is 1. The summed E-state index contributed by atoms with van der Waals surface area (Å²) in [6.45, 7) is 2.94. The van der Waals surface area contributed by atoms with Gasteiger partial charge in [-0.2, -0.15) is 5.10 Å². The highest BCUT2D eigenvalue weighted by Gasteiger charge is 2.28. The Bertz CT molecular complexity index is 1780. The summed E-state index contributed by atoms with van der Waals surface area (Å²) >= 11 is 1.57. The smallest absolute Gasteiger partial charge is 0.410 e. The number of likely N-dealkylation sites (tertiary alicyclic amines) is 1. The van der Waals surface area contributed by atoms with E-state index in [1.54, 1.807) is 17.7 Å². The molecular formula is C32H31N7O2S. The lowest BCUT2D eigenvalue weighted by molar-refractivity contribution is 0.0646. The van der Waals surface area contributed by atoms with Gasteiger partial charge < -0.3 is 15.0 Å². The highest BCUT2D eigenvalue weighted by molar-refractivity contribution is 7.20. The number of nitrogens with one attached hydrogen (secondary N) is 2. The van der Waals surface area contributed by atoms with E-state index in [2.05, 4.69) is 61.8 Å². The van der Waals surface area contributed by atoms with Crippen LogP contribution in [0.5, 0.6) is 0 Å². The Labute approximate surface area is 247 Å². The molecule has 0 radical (unpaired) electrons. The maximum absolute atomic E-state index is 12.5. The number of ether oxygens (including phenoxy) is 1. The molecule has 2 aromatic carbocycles. The van der Waals surface area contributed by atoms with Crippen LogP contribution in [0.15, 0.2) is 67.1 Å². The van der Waals surface area contributed by atoms with Crippen LogP contribution in [0.3, 0.4) is 0 Å². The average Bonchev–Trinajstić information content (AvgIpc) is 3.76. The van der Waals surface area contributed by atoms with E-state index in [9.17, 15) is 4.79 Å². The van der Waals surface area contributed by atoms with E-state index in [4.69, 9.17) is 4.74 Å². The van der Waals surface area contributed by atoms with Crippen molar-refractivity contribution in [3.63, 3.8) is 0 Å². The van der Waals surface area contributed by atoms with Gasteiger partial charge in [0, 0.05) is 37.1 Å². The maximum atomic E-state index is 12.5. The van der Waals surface area contributed by atoms with E-state index in [1.165, 1.54) is 12.0 Å². The zero-order valence-electron chi connectivity index (χ0n) is 23.1. The van der Waals surface area contributed by atoms with E-state index in [0.717, 1.165) is 70.0 Å². The van der Waals surface area contributed by atoms with Gasteiger partial charge in [0.1, 0.15) is 12.4 Å². The zero-order chi connectivity index (χ0) is 28.3. The van der Waals surface area contributed by atoms with Crippen molar-refractivity contribution >= 4 is 50.1 Å². The Balaban J connectivity index is 1.02. The predicted octanol–water partition coefficient (Wildman–Crippen LogP) is 5.54. The summed E-state index contributed by atoms with van der Waals surface area (Å²) in [5.74, 6) is 7.36. The third kappa shape index (κ3) is 5.79. The topological polar surface area (TPSA) is 97.2 Å². The number of amides is 1. The van der Waals surface area contributed by atoms with Gasteiger partial charge in [-0.1, -0.05) is 42.2 Å². The van der Waals surface area contributed by atoms with E-state index in [0.29, 0.717) is 13.0 Å². The Morgan fingerprint density at radius 3 is 2.86 bits per heavy atom. The Kier molecular flexibility index (Phi) is 7.43.